The maximum Gasteiger partial charge on any atom is 0.407 e. The van der Waals surface area contributed by atoms with Crippen molar-refractivity contribution in [3.63, 3.8) is 0 Å². The number of alkyl carbamates (subject to hydrolysis) is 1. The third kappa shape index (κ3) is 8.62. The SMILES string of the molecule is CC(C)(C)OC(=O)NCC1(C(COCc2ccccc2)OS(C)(=O)=O)CCCCC1. The van der Waals surface area contributed by atoms with Gasteiger partial charge in [0.2, 0.25) is 0 Å². The van der Waals surface area contributed by atoms with Crippen molar-refractivity contribution in [3.8, 4) is 0 Å². The molecule has 1 unspecified atom stereocenters. The predicted octanol–water partition coefficient (Wildman–Crippen LogP) is 4.02. The topological polar surface area (TPSA) is 90.9 Å². The van der Waals surface area contributed by atoms with E-state index in [0.717, 1.165) is 43.9 Å². The molecule has 0 spiro atoms. The Hall–Kier alpha value is -1.64. The average Bonchev–Trinajstić information content (AvgIpc) is 2.65. The molecule has 1 aliphatic carbocycles. The van der Waals surface area contributed by atoms with E-state index in [-0.39, 0.29) is 13.2 Å². The van der Waals surface area contributed by atoms with Crippen molar-refractivity contribution in [2.75, 3.05) is 19.4 Å². The highest BCUT2D eigenvalue weighted by Crippen LogP contribution is 2.41. The lowest BCUT2D eigenvalue weighted by Gasteiger charge is -2.42. The molecule has 1 fully saturated rings. The zero-order chi connectivity index (χ0) is 22.3. The van der Waals surface area contributed by atoms with Crippen molar-refractivity contribution in [2.24, 2.45) is 5.41 Å². The second kappa shape index (κ2) is 10.6. The number of benzene rings is 1. The van der Waals surface area contributed by atoms with Crippen LogP contribution in [-0.4, -0.2) is 45.6 Å². The van der Waals surface area contributed by atoms with E-state index in [1.165, 1.54) is 0 Å². The van der Waals surface area contributed by atoms with E-state index in [4.69, 9.17) is 13.7 Å². The van der Waals surface area contributed by atoms with E-state index >= 15 is 0 Å². The summed E-state index contributed by atoms with van der Waals surface area (Å²) in [6, 6.07) is 9.69. The standard InChI is InChI=1S/C22H35NO6S/c1-21(2,3)28-20(24)23-17-22(13-9-6-10-14-22)19(29-30(4,25)26)16-27-15-18-11-7-5-8-12-18/h5,7-8,11-12,19H,6,9-10,13-17H2,1-4H3,(H,23,24). The van der Waals surface area contributed by atoms with Crippen LogP contribution in [0.2, 0.25) is 0 Å². The van der Waals surface area contributed by atoms with Gasteiger partial charge in [0.05, 0.1) is 19.5 Å². The van der Waals surface area contributed by atoms with Crippen LogP contribution in [0.15, 0.2) is 30.3 Å². The van der Waals surface area contributed by atoms with Crippen LogP contribution in [0, 0.1) is 5.41 Å². The van der Waals surface area contributed by atoms with E-state index in [2.05, 4.69) is 5.32 Å². The van der Waals surface area contributed by atoms with Crippen molar-refractivity contribution < 1.29 is 26.9 Å². The molecule has 0 radical (unpaired) electrons. The first-order chi connectivity index (χ1) is 14.0. The third-order valence-corrected chi connectivity index (χ3v) is 5.77. The molecule has 8 heteroatoms. The Balaban J connectivity index is 2.12. The number of hydrogen-bond donors (Lipinski definition) is 1. The number of carbonyl (C=O) groups is 1. The van der Waals surface area contributed by atoms with E-state index in [1.54, 1.807) is 20.8 Å². The number of nitrogens with one attached hydrogen (secondary N) is 1. The van der Waals surface area contributed by atoms with Crippen LogP contribution in [0.4, 0.5) is 4.79 Å². The van der Waals surface area contributed by atoms with Gasteiger partial charge < -0.3 is 14.8 Å². The molecule has 1 saturated carbocycles. The van der Waals surface area contributed by atoms with E-state index in [9.17, 15) is 13.2 Å². The summed E-state index contributed by atoms with van der Waals surface area (Å²) in [7, 11) is -3.70. The maximum atomic E-state index is 12.2. The summed E-state index contributed by atoms with van der Waals surface area (Å²) < 4.78 is 40.7. The molecule has 30 heavy (non-hydrogen) atoms. The van der Waals surface area contributed by atoms with Gasteiger partial charge in [-0.3, -0.25) is 4.18 Å². The van der Waals surface area contributed by atoms with Crippen LogP contribution >= 0.6 is 0 Å². The first-order valence-corrected chi connectivity index (χ1v) is 12.3. The monoisotopic (exact) mass is 441 g/mol. The van der Waals surface area contributed by atoms with Crippen LogP contribution in [0.5, 0.6) is 0 Å². The van der Waals surface area contributed by atoms with Crippen LogP contribution in [-0.2, 0) is 30.4 Å². The third-order valence-electron chi connectivity index (χ3n) is 5.19. The molecular weight excluding hydrogens is 406 g/mol. The second-order valence-electron chi connectivity index (χ2n) is 9.07. The van der Waals surface area contributed by atoms with Crippen LogP contribution in [0.1, 0.15) is 58.4 Å². The molecule has 1 amide bonds. The van der Waals surface area contributed by atoms with Gasteiger partial charge >= 0.3 is 6.09 Å². The molecular formula is C22H35NO6S. The fourth-order valence-electron chi connectivity index (χ4n) is 3.81. The Morgan fingerprint density at radius 3 is 2.33 bits per heavy atom. The maximum absolute atomic E-state index is 12.2. The lowest BCUT2D eigenvalue weighted by molar-refractivity contribution is -0.0450. The van der Waals surface area contributed by atoms with Gasteiger partial charge in [0.15, 0.2) is 0 Å². The van der Waals surface area contributed by atoms with Gasteiger partial charge in [0.25, 0.3) is 10.1 Å². The van der Waals surface area contributed by atoms with Crippen LogP contribution < -0.4 is 5.32 Å². The average molecular weight is 442 g/mol. The Morgan fingerprint density at radius 1 is 1.13 bits per heavy atom. The molecule has 170 valence electrons. The van der Waals surface area contributed by atoms with Crippen molar-refractivity contribution >= 4 is 16.2 Å². The van der Waals surface area contributed by atoms with Crippen LogP contribution in [0.3, 0.4) is 0 Å². The molecule has 0 heterocycles. The minimum atomic E-state index is -3.70. The lowest BCUT2D eigenvalue weighted by atomic mass is 9.70. The smallest absolute Gasteiger partial charge is 0.407 e. The summed E-state index contributed by atoms with van der Waals surface area (Å²) in [5, 5.41) is 2.83. The fraction of sp³-hybridized carbons (Fsp3) is 0.682. The van der Waals surface area contributed by atoms with E-state index in [0.29, 0.717) is 6.61 Å². The van der Waals surface area contributed by atoms with Gasteiger partial charge in [-0.2, -0.15) is 8.42 Å². The minimum absolute atomic E-state index is 0.123. The molecule has 1 aliphatic rings. The molecule has 1 N–H and O–H groups in total. The van der Waals surface area contributed by atoms with Crippen molar-refractivity contribution in [3.05, 3.63) is 35.9 Å². The number of amides is 1. The summed E-state index contributed by atoms with van der Waals surface area (Å²) in [6.45, 7) is 6.16. The Morgan fingerprint density at radius 2 is 1.77 bits per heavy atom. The molecule has 2 rings (SSSR count). The van der Waals surface area contributed by atoms with Crippen molar-refractivity contribution in [1.29, 1.82) is 0 Å². The van der Waals surface area contributed by atoms with Gasteiger partial charge in [-0.15, -0.1) is 0 Å². The molecule has 0 aromatic heterocycles. The lowest BCUT2D eigenvalue weighted by Crippen LogP contribution is -2.50. The Bertz CT molecular complexity index is 767. The predicted molar refractivity (Wildman–Crippen MR) is 116 cm³/mol. The molecule has 0 saturated heterocycles. The summed E-state index contributed by atoms with van der Waals surface area (Å²) in [4.78, 5) is 12.2. The zero-order valence-corrected chi connectivity index (χ0v) is 19.3. The first kappa shape index (κ1) is 24.6. The Kier molecular flexibility index (Phi) is 8.70. The van der Waals surface area contributed by atoms with Crippen molar-refractivity contribution in [2.45, 2.75) is 71.2 Å². The highest BCUT2D eigenvalue weighted by molar-refractivity contribution is 7.86. The van der Waals surface area contributed by atoms with E-state index < -0.39 is 33.3 Å². The van der Waals surface area contributed by atoms with Gasteiger partial charge in [-0.25, -0.2) is 4.79 Å². The highest BCUT2D eigenvalue weighted by Gasteiger charge is 2.43. The molecule has 1 aromatic carbocycles. The largest absolute Gasteiger partial charge is 0.444 e. The Labute approximate surface area is 180 Å². The number of ether oxygens (including phenoxy) is 2. The first-order valence-electron chi connectivity index (χ1n) is 10.5. The number of hydrogen-bond acceptors (Lipinski definition) is 6. The second-order valence-corrected chi connectivity index (χ2v) is 10.7. The minimum Gasteiger partial charge on any atom is -0.444 e. The summed E-state index contributed by atoms with van der Waals surface area (Å²) in [5.41, 5.74) is -0.139. The van der Waals surface area contributed by atoms with E-state index in [1.807, 2.05) is 30.3 Å². The molecule has 1 aromatic rings. The van der Waals surface area contributed by atoms with Gasteiger partial charge in [0.1, 0.15) is 11.7 Å². The highest BCUT2D eigenvalue weighted by atomic mass is 32.2. The van der Waals surface area contributed by atoms with Gasteiger partial charge in [-0.05, 0) is 39.2 Å². The summed E-state index contributed by atoms with van der Waals surface area (Å²) >= 11 is 0. The van der Waals surface area contributed by atoms with Crippen molar-refractivity contribution in [1.82, 2.24) is 5.32 Å². The number of carbonyl (C=O) groups excluding carboxylic acids is 1. The number of rotatable bonds is 9. The van der Waals surface area contributed by atoms with Crippen LogP contribution in [0.25, 0.3) is 0 Å². The molecule has 0 bridgehead atoms. The quantitative estimate of drug-likeness (QED) is 0.582. The van der Waals surface area contributed by atoms with Gasteiger partial charge in [-0.1, -0.05) is 49.6 Å². The van der Waals surface area contributed by atoms with Gasteiger partial charge in [0, 0.05) is 12.0 Å². The summed E-state index contributed by atoms with van der Waals surface area (Å²) in [5.74, 6) is 0. The molecule has 0 aliphatic heterocycles. The normalized spacial score (nSPS) is 17.9. The zero-order valence-electron chi connectivity index (χ0n) is 18.5. The molecule has 7 nitrogen and oxygen atoms in total. The molecule has 1 atom stereocenters. The summed E-state index contributed by atoms with van der Waals surface area (Å²) in [6.07, 6.45) is 4.30. The fourth-order valence-corrected chi connectivity index (χ4v) is 4.49.